The lowest BCUT2D eigenvalue weighted by atomic mass is 9.81. The molecule has 9 heteroatoms. The van der Waals surface area contributed by atoms with Gasteiger partial charge in [0, 0.05) is 5.02 Å². The number of carboxylic acid groups (broad SMARTS) is 1. The van der Waals surface area contributed by atoms with Gasteiger partial charge in [0.1, 0.15) is 0 Å². The van der Waals surface area contributed by atoms with Gasteiger partial charge in [-0.15, -0.1) is 0 Å². The van der Waals surface area contributed by atoms with Crippen LogP contribution in [0, 0.1) is 11.3 Å². The number of amides is 1. The van der Waals surface area contributed by atoms with E-state index in [1.807, 2.05) is 0 Å². The first kappa shape index (κ1) is 26.0. The monoisotopic (exact) mass is 489 g/mol. The smallest absolute Gasteiger partial charge is 0.392 e. The maximum Gasteiger partial charge on any atom is 0.392 e. The van der Waals surface area contributed by atoms with Crippen LogP contribution in [0.3, 0.4) is 0 Å². The predicted octanol–water partition coefficient (Wildman–Crippen LogP) is 6.96. The Balaban J connectivity index is 2.38. The van der Waals surface area contributed by atoms with Gasteiger partial charge in [0.15, 0.2) is 0 Å². The third-order valence-corrected chi connectivity index (χ3v) is 6.29. The molecule has 0 saturated heterocycles. The Morgan fingerprint density at radius 3 is 2.19 bits per heavy atom. The van der Waals surface area contributed by atoms with Gasteiger partial charge in [0.2, 0.25) is 5.91 Å². The van der Waals surface area contributed by atoms with Gasteiger partial charge < -0.3 is 10.4 Å². The van der Waals surface area contributed by atoms with E-state index in [-0.39, 0.29) is 22.7 Å². The quantitative estimate of drug-likeness (QED) is 0.421. The SMILES string of the molecule is CC[C@](C)(Cc1ccc(Cl)c(NC(=O)[C@H](c2ccc(Cl)cc2)[C@@H](C)C(F)(F)F)c1)C(=O)O. The molecule has 0 unspecified atom stereocenters. The van der Waals surface area contributed by atoms with E-state index in [9.17, 15) is 27.9 Å². The van der Waals surface area contributed by atoms with Crippen molar-refractivity contribution in [2.24, 2.45) is 11.3 Å². The molecule has 2 N–H and O–H groups in total. The minimum absolute atomic E-state index is 0.117. The molecule has 0 bridgehead atoms. The lowest BCUT2D eigenvalue weighted by Crippen LogP contribution is -2.34. The first-order valence-electron chi connectivity index (χ1n) is 9.93. The van der Waals surface area contributed by atoms with Crippen molar-refractivity contribution in [2.75, 3.05) is 5.32 Å². The second-order valence-electron chi connectivity index (χ2n) is 8.06. The molecule has 0 heterocycles. The molecule has 174 valence electrons. The summed E-state index contributed by atoms with van der Waals surface area (Å²) >= 11 is 12.0. The minimum Gasteiger partial charge on any atom is -0.481 e. The number of anilines is 1. The number of nitrogens with one attached hydrogen (secondary N) is 1. The zero-order valence-electron chi connectivity index (χ0n) is 17.8. The van der Waals surface area contributed by atoms with Crippen LogP contribution in [0.15, 0.2) is 42.5 Å². The lowest BCUT2D eigenvalue weighted by Gasteiger charge is -2.26. The van der Waals surface area contributed by atoms with Crippen LogP contribution in [0.25, 0.3) is 0 Å². The molecular weight excluding hydrogens is 466 g/mol. The highest BCUT2D eigenvalue weighted by Crippen LogP contribution is 2.39. The fraction of sp³-hybridized carbons (Fsp3) is 0.391. The van der Waals surface area contributed by atoms with E-state index in [2.05, 4.69) is 5.32 Å². The summed E-state index contributed by atoms with van der Waals surface area (Å²) in [6, 6.07) is 10.2. The largest absolute Gasteiger partial charge is 0.481 e. The summed E-state index contributed by atoms with van der Waals surface area (Å²) in [5.74, 6) is -5.36. The number of halogens is 5. The number of hydrogen-bond donors (Lipinski definition) is 2. The molecule has 0 radical (unpaired) electrons. The molecule has 32 heavy (non-hydrogen) atoms. The highest BCUT2D eigenvalue weighted by molar-refractivity contribution is 6.33. The van der Waals surface area contributed by atoms with Gasteiger partial charge in [-0.2, -0.15) is 13.2 Å². The Hall–Kier alpha value is -2.25. The van der Waals surface area contributed by atoms with E-state index in [0.29, 0.717) is 17.0 Å². The molecule has 0 aliphatic carbocycles. The van der Waals surface area contributed by atoms with Crippen molar-refractivity contribution in [3.63, 3.8) is 0 Å². The predicted molar refractivity (Wildman–Crippen MR) is 119 cm³/mol. The van der Waals surface area contributed by atoms with Crippen molar-refractivity contribution in [1.29, 1.82) is 0 Å². The van der Waals surface area contributed by atoms with Gasteiger partial charge >= 0.3 is 12.1 Å². The van der Waals surface area contributed by atoms with Gasteiger partial charge in [-0.3, -0.25) is 9.59 Å². The van der Waals surface area contributed by atoms with Crippen molar-refractivity contribution < 1.29 is 27.9 Å². The second kappa shape index (κ2) is 10.1. The maximum atomic E-state index is 13.5. The van der Waals surface area contributed by atoms with Gasteiger partial charge in [0.25, 0.3) is 0 Å². The van der Waals surface area contributed by atoms with E-state index in [0.717, 1.165) is 6.92 Å². The van der Waals surface area contributed by atoms with Crippen LogP contribution in [0.2, 0.25) is 10.0 Å². The molecule has 0 spiro atoms. The summed E-state index contributed by atoms with van der Waals surface area (Å²) < 4.78 is 40.6. The van der Waals surface area contributed by atoms with Crippen molar-refractivity contribution in [1.82, 2.24) is 0 Å². The van der Waals surface area contributed by atoms with E-state index in [1.54, 1.807) is 19.9 Å². The summed E-state index contributed by atoms with van der Waals surface area (Å²) in [7, 11) is 0. The average molecular weight is 490 g/mol. The molecule has 0 aliphatic rings. The summed E-state index contributed by atoms with van der Waals surface area (Å²) in [6.07, 6.45) is -4.08. The van der Waals surface area contributed by atoms with Gasteiger partial charge in [0.05, 0.1) is 28.0 Å². The first-order valence-corrected chi connectivity index (χ1v) is 10.7. The third kappa shape index (κ3) is 6.17. The lowest BCUT2D eigenvalue weighted by molar-refractivity contribution is -0.178. The van der Waals surface area contributed by atoms with Crippen molar-refractivity contribution in [2.45, 2.75) is 45.7 Å². The molecule has 0 fully saturated rings. The number of rotatable bonds is 8. The standard InChI is InChI=1S/C23H24Cl2F3NO3/c1-4-22(3,21(31)32)12-14-5-10-17(25)18(11-14)29-20(30)19(13(2)23(26,27)28)15-6-8-16(24)9-7-15/h5-11,13,19H,4,12H2,1-3H3,(H,29,30)(H,31,32)/t13-,19+,22-/m1/s1. The molecule has 2 rings (SSSR count). The van der Waals surface area contributed by atoms with E-state index < -0.39 is 35.3 Å². The number of carboxylic acids is 1. The number of carbonyl (C=O) groups excluding carboxylic acids is 1. The Labute approximate surface area is 194 Å². The number of alkyl halides is 3. The third-order valence-electron chi connectivity index (χ3n) is 5.71. The molecule has 1 amide bonds. The number of carbonyl (C=O) groups is 2. The Morgan fingerprint density at radius 1 is 1.09 bits per heavy atom. The molecule has 0 aliphatic heterocycles. The Bertz CT molecular complexity index is 979. The van der Waals surface area contributed by atoms with Crippen LogP contribution >= 0.6 is 23.2 Å². The highest BCUT2D eigenvalue weighted by atomic mass is 35.5. The van der Waals surface area contributed by atoms with Gasteiger partial charge in [-0.25, -0.2) is 0 Å². The molecule has 0 aromatic heterocycles. The second-order valence-corrected chi connectivity index (χ2v) is 8.90. The summed E-state index contributed by atoms with van der Waals surface area (Å²) in [6.45, 7) is 4.29. The van der Waals surface area contributed by atoms with E-state index in [4.69, 9.17) is 23.2 Å². The fourth-order valence-corrected chi connectivity index (χ4v) is 3.61. The summed E-state index contributed by atoms with van der Waals surface area (Å²) in [4.78, 5) is 24.6. The van der Waals surface area contributed by atoms with Crippen molar-refractivity contribution in [3.05, 3.63) is 63.6 Å². The van der Waals surface area contributed by atoms with Crippen LogP contribution in [0.4, 0.5) is 18.9 Å². The van der Waals surface area contributed by atoms with E-state index in [1.165, 1.54) is 36.4 Å². The fourth-order valence-electron chi connectivity index (χ4n) is 3.32. The Kier molecular flexibility index (Phi) is 8.23. The maximum absolute atomic E-state index is 13.5. The van der Waals surface area contributed by atoms with Crippen LogP contribution in [0.1, 0.15) is 44.2 Å². The van der Waals surface area contributed by atoms with Crippen LogP contribution < -0.4 is 5.32 Å². The normalized spacial score (nSPS) is 15.5. The summed E-state index contributed by atoms with van der Waals surface area (Å²) in [5.41, 5.74) is -0.172. The zero-order chi connectivity index (χ0) is 24.3. The molecular formula is C23H24Cl2F3NO3. The summed E-state index contributed by atoms with van der Waals surface area (Å²) in [5, 5.41) is 12.5. The molecule has 2 aromatic rings. The molecule has 2 aromatic carbocycles. The van der Waals surface area contributed by atoms with Crippen molar-refractivity contribution >= 4 is 40.8 Å². The number of benzene rings is 2. The molecule has 0 saturated carbocycles. The van der Waals surface area contributed by atoms with Gasteiger partial charge in [-0.1, -0.05) is 55.2 Å². The van der Waals surface area contributed by atoms with Gasteiger partial charge in [-0.05, 0) is 55.2 Å². The topological polar surface area (TPSA) is 66.4 Å². The van der Waals surface area contributed by atoms with E-state index >= 15 is 0 Å². The first-order chi connectivity index (χ1) is 14.8. The number of hydrogen-bond acceptors (Lipinski definition) is 2. The van der Waals surface area contributed by atoms with Crippen LogP contribution in [-0.4, -0.2) is 23.2 Å². The Morgan fingerprint density at radius 2 is 1.69 bits per heavy atom. The zero-order valence-corrected chi connectivity index (χ0v) is 19.3. The molecule has 3 atom stereocenters. The van der Waals surface area contributed by atoms with Crippen molar-refractivity contribution in [3.8, 4) is 0 Å². The van der Waals surface area contributed by atoms with Crippen LogP contribution in [0.5, 0.6) is 0 Å². The van der Waals surface area contributed by atoms with Crippen LogP contribution in [-0.2, 0) is 16.0 Å². The minimum atomic E-state index is -4.61. The molecule has 4 nitrogen and oxygen atoms in total. The number of aliphatic carboxylic acids is 1. The average Bonchev–Trinajstić information content (AvgIpc) is 2.71. The highest BCUT2D eigenvalue weighted by Gasteiger charge is 2.45.